The number of nitrogens with zero attached hydrogens (tertiary/aromatic N) is 5. The molecule has 3 aromatic heterocycles. The first kappa shape index (κ1) is 29.5. The molecule has 0 radical (unpaired) electrons. The van der Waals surface area contributed by atoms with Gasteiger partial charge in [0.2, 0.25) is 0 Å². The van der Waals surface area contributed by atoms with E-state index in [1.165, 1.54) is 18.2 Å². The highest BCUT2D eigenvalue weighted by molar-refractivity contribution is 5.94. The molecule has 226 valence electrons. The van der Waals surface area contributed by atoms with E-state index in [0.29, 0.717) is 13.0 Å². The first-order chi connectivity index (χ1) is 21.2. The Morgan fingerprint density at radius 2 is 1.84 bits per heavy atom. The number of aromatic nitrogens is 5. The summed E-state index contributed by atoms with van der Waals surface area (Å²) in [6, 6.07) is 20.0. The van der Waals surface area contributed by atoms with Gasteiger partial charge in [0.15, 0.2) is 0 Å². The van der Waals surface area contributed by atoms with Gasteiger partial charge in [-0.25, -0.2) is 4.68 Å². The molecular weight excluding hydrogens is 550 g/mol. The van der Waals surface area contributed by atoms with Crippen molar-refractivity contribution < 1.29 is 14.6 Å². The van der Waals surface area contributed by atoms with Crippen LogP contribution in [0.15, 0.2) is 72.9 Å². The summed E-state index contributed by atoms with van der Waals surface area (Å²) in [4.78, 5) is 16.9. The van der Waals surface area contributed by atoms with Gasteiger partial charge in [0.1, 0.15) is 0 Å². The number of hydrogen-bond acceptors (Lipinski definition) is 6. The number of carbonyl (C=O) groups is 1. The first-order valence-corrected chi connectivity index (χ1v) is 15.3. The molecule has 1 aliphatic carbocycles. The highest BCUT2D eigenvalue weighted by Crippen LogP contribution is 2.37. The molecule has 0 fully saturated rings. The summed E-state index contributed by atoms with van der Waals surface area (Å²) in [6.07, 6.45) is 5.73. The monoisotopic (exact) mass is 589 g/mol. The van der Waals surface area contributed by atoms with Crippen LogP contribution in [0, 0.1) is 19.8 Å². The van der Waals surface area contributed by atoms with Crippen LogP contribution in [-0.2, 0) is 16.1 Å². The Morgan fingerprint density at radius 1 is 1.05 bits per heavy atom. The molecule has 0 spiro atoms. The maximum atomic E-state index is 12.0. The summed E-state index contributed by atoms with van der Waals surface area (Å²) in [5.41, 5.74) is 9.88. The maximum absolute atomic E-state index is 12.0. The van der Waals surface area contributed by atoms with Crippen LogP contribution < -0.4 is 0 Å². The highest BCUT2D eigenvalue weighted by atomic mass is 16.5. The Balaban J connectivity index is 1.34. The van der Waals surface area contributed by atoms with Crippen molar-refractivity contribution in [2.75, 3.05) is 7.11 Å². The molecule has 8 nitrogen and oxygen atoms in total. The molecular formula is C36H39N5O3. The van der Waals surface area contributed by atoms with Gasteiger partial charge in [-0.1, -0.05) is 62.4 Å². The number of aliphatic hydroxyl groups excluding tert-OH is 1. The molecule has 0 amide bonds. The number of methoxy groups -OCH3 is 1. The van der Waals surface area contributed by atoms with Gasteiger partial charge < -0.3 is 9.84 Å². The molecule has 2 aromatic carbocycles. The van der Waals surface area contributed by atoms with Gasteiger partial charge >= 0.3 is 5.97 Å². The van der Waals surface area contributed by atoms with Crippen molar-refractivity contribution in [1.29, 1.82) is 0 Å². The zero-order valence-electron chi connectivity index (χ0n) is 26.0. The molecule has 44 heavy (non-hydrogen) atoms. The second-order valence-corrected chi connectivity index (χ2v) is 12.0. The van der Waals surface area contributed by atoms with E-state index in [0.717, 1.165) is 63.3 Å². The van der Waals surface area contributed by atoms with Gasteiger partial charge in [-0.05, 0) is 68.4 Å². The van der Waals surface area contributed by atoms with E-state index >= 15 is 0 Å². The molecule has 0 bridgehead atoms. The highest BCUT2D eigenvalue weighted by Gasteiger charge is 2.25. The van der Waals surface area contributed by atoms with Crippen LogP contribution >= 0.6 is 0 Å². The van der Waals surface area contributed by atoms with E-state index in [1.54, 1.807) is 0 Å². The topological polar surface area (TPSA) is 95.1 Å². The summed E-state index contributed by atoms with van der Waals surface area (Å²) >= 11 is 0. The zero-order chi connectivity index (χ0) is 31.0. The van der Waals surface area contributed by atoms with Crippen LogP contribution in [0.1, 0.15) is 73.3 Å². The normalized spacial score (nSPS) is 15.9. The molecule has 0 saturated heterocycles. The fraction of sp³-hybridized carbons (Fsp3) is 0.333. The van der Waals surface area contributed by atoms with Crippen molar-refractivity contribution in [1.82, 2.24) is 24.5 Å². The molecule has 1 N–H and O–H groups in total. The van der Waals surface area contributed by atoms with Gasteiger partial charge in [-0.2, -0.15) is 10.2 Å². The number of fused-ring (bicyclic) bond motifs is 1. The fourth-order valence-electron chi connectivity index (χ4n) is 6.39. The number of aryl methyl sites for hydroxylation is 1. The van der Waals surface area contributed by atoms with Gasteiger partial charge in [0, 0.05) is 28.4 Å². The summed E-state index contributed by atoms with van der Waals surface area (Å²) in [7, 11) is 1.45. The van der Waals surface area contributed by atoms with E-state index in [1.807, 2.05) is 64.9 Å². The van der Waals surface area contributed by atoms with E-state index in [9.17, 15) is 9.90 Å². The third-order valence-electron chi connectivity index (χ3n) is 8.70. The molecule has 0 saturated carbocycles. The quantitative estimate of drug-likeness (QED) is 0.194. The van der Waals surface area contributed by atoms with Crippen molar-refractivity contribution >= 4 is 22.4 Å². The summed E-state index contributed by atoms with van der Waals surface area (Å²) < 4.78 is 8.77. The Hall–Kier alpha value is -4.56. The molecule has 1 aliphatic rings. The summed E-state index contributed by atoms with van der Waals surface area (Å²) in [5, 5.41) is 21.8. The molecule has 3 heterocycles. The average molecular weight is 590 g/mol. The Morgan fingerprint density at radius 3 is 2.52 bits per heavy atom. The Kier molecular flexibility index (Phi) is 8.19. The van der Waals surface area contributed by atoms with Crippen molar-refractivity contribution in [3.05, 3.63) is 101 Å². The largest absolute Gasteiger partial charge is 0.469 e. The second kappa shape index (κ2) is 12.2. The standard InChI is InChI=1S/C36H39N5O3/c1-22(2)34-24(4)41(32-19-18-30(37-23(32)3)25-14-16-27(17-15-25)36(43)44-5)39-35(34)28-12-9-13-31-29(28)20-40(38-31)21-33(42)26-10-7-6-8-11-26/h6-14,18-20,22,27,33,42H,15-17,21H2,1-5H3. The third kappa shape index (κ3) is 5.57. The Labute approximate surface area is 258 Å². The Bertz CT molecular complexity index is 1850. The summed E-state index contributed by atoms with van der Waals surface area (Å²) in [5.74, 6) is 0.0272. The predicted molar refractivity (Wildman–Crippen MR) is 172 cm³/mol. The second-order valence-electron chi connectivity index (χ2n) is 12.0. The molecule has 8 heteroatoms. The predicted octanol–water partition coefficient (Wildman–Crippen LogP) is 7.11. The number of aliphatic hydroxyl groups is 1. The number of hydrogen-bond donors (Lipinski definition) is 1. The number of carbonyl (C=O) groups excluding carboxylic acids is 1. The molecule has 5 aromatic rings. The van der Waals surface area contributed by atoms with Crippen LogP contribution in [0.5, 0.6) is 0 Å². The molecule has 2 unspecified atom stereocenters. The van der Waals surface area contributed by atoms with Gasteiger partial charge in [-0.3, -0.25) is 14.5 Å². The lowest BCUT2D eigenvalue weighted by molar-refractivity contribution is -0.145. The van der Waals surface area contributed by atoms with Crippen molar-refractivity contribution in [3.63, 3.8) is 0 Å². The first-order valence-electron chi connectivity index (χ1n) is 15.3. The smallest absolute Gasteiger partial charge is 0.308 e. The van der Waals surface area contributed by atoms with Crippen LogP contribution in [0.4, 0.5) is 0 Å². The van der Waals surface area contributed by atoms with E-state index in [-0.39, 0.29) is 17.8 Å². The molecule has 0 aliphatic heterocycles. The van der Waals surface area contributed by atoms with Crippen molar-refractivity contribution in [2.45, 2.75) is 65.5 Å². The van der Waals surface area contributed by atoms with Gasteiger partial charge in [0.05, 0.1) is 54.0 Å². The van der Waals surface area contributed by atoms with E-state index in [2.05, 4.69) is 45.0 Å². The van der Waals surface area contributed by atoms with Crippen LogP contribution in [0.25, 0.3) is 33.4 Å². The van der Waals surface area contributed by atoms with Gasteiger partial charge in [-0.15, -0.1) is 0 Å². The minimum atomic E-state index is -0.654. The molecule has 6 rings (SSSR count). The summed E-state index contributed by atoms with van der Waals surface area (Å²) in [6.45, 7) is 8.90. The fourth-order valence-corrected chi connectivity index (χ4v) is 6.39. The minimum absolute atomic E-state index is 0.0748. The number of rotatable bonds is 8. The number of pyridine rings is 1. The third-order valence-corrected chi connectivity index (χ3v) is 8.70. The van der Waals surface area contributed by atoms with Crippen molar-refractivity contribution in [3.8, 4) is 16.9 Å². The molecule has 2 atom stereocenters. The maximum Gasteiger partial charge on any atom is 0.308 e. The average Bonchev–Trinajstić information content (AvgIpc) is 3.61. The van der Waals surface area contributed by atoms with Crippen molar-refractivity contribution in [2.24, 2.45) is 5.92 Å². The number of esters is 1. The zero-order valence-corrected chi connectivity index (χ0v) is 26.0. The van der Waals surface area contributed by atoms with E-state index in [4.69, 9.17) is 19.9 Å². The number of benzene rings is 2. The number of allylic oxidation sites excluding steroid dienone is 2. The van der Waals surface area contributed by atoms with Crippen LogP contribution in [0.2, 0.25) is 0 Å². The van der Waals surface area contributed by atoms with Crippen LogP contribution in [-0.4, -0.2) is 42.7 Å². The van der Waals surface area contributed by atoms with E-state index < -0.39 is 6.10 Å². The van der Waals surface area contributed by atoms with Gasteiger partial charge in [0.25, 0.3) is 0 Å². The number of ether oxygens (including phenoxy) is 1. The SMILES string of the molecule is COC(=O)C1CC=C(c2ccc(-n3nc(-c4cccc5nn(CC(O)c6ccccc6)cc45)c(C(C)C)c3C)c(C)n2)CC1. The lowest BCUT2D eigenvalue weighted by Crippen LogP contribution is -2.18. The van der Waals surface area contributed by atoms with Crippen LogP contribution in [0.3, 0.4) is 0 Å². The lowest BCUT2D eigenvalue weighted by atomic mass is 9.88. The minimum Gasteiger partial charge on any atom is -0.469 e. The lowest BCUT2D eigenvalue weighted by Gasteiger charge is -2.20.